The summed E-state index contributed by atoms with van der Waals surface area (Å²) in [5.41, 5.74) is 9.44. The third kappa shape index (κ3) is 4.50. The molecule has 0 spiro atoms. The first-order valence-electron chi connectivity index (χ1n) is 8.80. The van der Waals surface area contributed by atoms with Gasteiger partial charge in [-0.3, -0.25) is 9.69 Å². The lowest BCUT2D eigenvalue weighted by Gasteiger charge is -2.27. The maximum absolute atomic E-state index is 12.8. The van der Waals surface area contributed by atoms with Crippen LogP contribution in [-0.2, 0) is 17.6 Å². The Bertz CT molecular complexity index is 541. The van der Waals surface area contributed by atoms with Crippen LogP contribution in [0.3, 0.4) is 0 Å². The molecule has 1 saturated heterocycles. The highest BCUT2D eigenvalue weighted by Crippen LogP contribution is 2.30. The van der Waals surface area contributed by atoms with E-state index in [2.05, 4.69) is 49.2 Å². The van der Waals surface area contributed by atoms with Gasteiger partial charge in [0, 0.05) is 12.2 Å². The molecule has 1 heterocycles. The van der Waals surface area contributed by atoms with E-state index in [9.17, 15) is 4.79 Å². The van der Waals surface area contributed by atoms with Crippen molar-refractivity contribution in [1.82, 2.24) is 4.90 Å². The number of hydrogen-bond acceptors (Lipinski definition) is 3. The third-order valence-corrected chi connectivity index (χ3v) is 5.25. The largest absolute Gasteiger partial charge is 0.330 e. The molecule has 1 aliphatic rings. The van der Waals surface area contributed by atoms with Gasteiger partial charge in [-0.2, -0.15) is 0 Å². The summed E-state index contributed by atoms with van der Waals surface area (Å²) in [6, 6.07) is 6.14. The van der Waals surface area contributed by atoms with Crippen molar-refractivity contribution >= 4 is 24.0 Å². The Morgan fingerprint density at radius 2 is 1.92 bits per heavy atom. The van der Waals surface area contributed by atoms with E-state index in [-0.39, 0.29) is 29.8 Å². The lowest BCUT2D eigenvalue weighted by Crippen LogP contribution is -2.42. The third-order valence-electron chi connectivity index (χ3n) is 5.25. The lowest BCUT2D eigenvalue weighted by atomic mass is 9.90. The molecule has 24 heavy (non-hydrogen) atoms. The Morgan fingerprint density at radius 1 is 1.33 bits per heavy atom. The SMILES string of the molecule is CCc1cccc(CC)c1NC(=O)C(C)N1CCC(C)(CN)C1.Cl. The van der Waals surface area contributed by atoms with Crippen molar-refractivity contribution in [2.24, 2.45) is 11.1 Å². The van der Waals surface area contributed by atoms with Crippen molar-refractivity contribution in [1.29, 1.82) is 0 Å². The molecule has 5 heteroatoms. The highest BCUT2D eigenvalue weighted by atomic mass is 35.5. The second-order valence-electron chi connectivity index (χ2n) is 7.06. The summed E-state index contributed by atoms with van der Waals surface area (Å²) in [6.07, 6.45) is 2.91. The summed E-state index contributed by atoms with van der Waals surface area (Å²) in [6.45, 7) is 11.0. The van der Waals surface area contributed by atoms with Crippen LogP contribution in [0, 0.1) is 5.41 Å². The maximum atomic E-state index is 12.8. The minimum atomic E-state index is -0.127. The van der Waals surface area contributed by atoms with Gasteiger partial charge in [0.15, 0.2) is 0 Å². The first kappa shape index (κ1) is 20.9. The highest BCUT2D eigenvalue weighted by Gasteiger charge is 2.36. The van der Waals surface area contributed by atoms with E-state index in [0.29, 0.717) is 6.54 Å². The number of nitrogens with one attached hydrogen (secondary N) is 1. The quantitative estimate of drug-likeness (QED) is 0.825. The van der Waals surface area contributed by atoms with E-state index in [0.717, 1.165) is 38.0 Å². The topological polar surface area (TPSA) is 58.4 Å². The molecule has 1 aliphatic heterocycles. The summed E-state index contributed by atoms with van der Waals surface area (Å²) < 4.78 is 0. The number of halogens is 1. The molecule has 0 aliphatic carbocycles. The van der Waals surface area contributed by atoms with E-state index in [1.165, 1.54) is 11.1 Å². The van der Waals surface area contributed by atoms with Gasteiger partial charge in [0.25, 0.3) is 0 Å². The average molecular weight is 354 g/mol. The molecule has 0 aromatic heterocycles. The molecule has 0 saturated carbocycles. The molecule has 136 valence electrons. The monoisotopic (exact) mass is 353 g/mol. The van der Waals surface area contributed by atoms with Crippen molar-refractivity contribution in [2.75, 3.05) is 25.0 Å². The van der Waals surface area contributed by atoms with Gasteiger partial charge in [0.05, 0.1) is 6.04 Å². The van der Waals surface area contributed by atoms with Gasteiger partial charge in [-0.15, -0.1) is 12.4 Å². The molecule has 1 fully saturated rings. The molecule has 2 rings (SSSR count). The van der Waals surface area contributed by atoms with E-state index >= 15 is 0 Å². The molecule has 2 atom stereocenters. The number of rotatable bonds is 6. The van der Waals surface area contributed by atoms with Gasteiger partial charge >= 0.3 is 0 Å². The van der Waals surface area contributed by atoms with Crippen molar-refractivity contribution in [2.45, 2.75) is 53.0 Å². The normalized spacial score (nSPS) is 22.0. The zero-order valence-corrected chi connectivity index (χ0v) is 16.2. The van der Waals surface area contributed by atoms with Gasteiger partial charge in [-0.1, -0.05) is 39.0 Å². The first-order chi connectivity index (χ1) is 10.9. The molecule has 1 aromatic rings. The first-order valence-corrected chi connectivity index (χ1v) is 8.80. The minimum Gasteiger partial charge on any atom is -0.330 e. The fraction of sp³-hybridized carbons (Fsp3) is 0.632. The smallest absolute Gasteiger partial charge is 0.241 e. The maximum Gasteiger partial charge on any atom is 0.241 e. The van der Waals surface area contributed by atoms with E-state index in [4.69, 9.17) is 5.73 Å². The van der Waals surface area contributed by atoms with E-state index in [1.807, 2.05) is 6.92 Å². The molecule has 3 N–H and O–H groups in total. The van der Waals surface area contributed by atoms with Crippen LogP contribution >= 0.6 is 12.4 Å². The number of aryl methyl sites for hydroxylation is 2. The average Bonchev–Trinajstić information content (AvgIpc) is 2.97. The number of carbonyl (C=O) groups is 1. The zero-order valence-electron chi connectivity index (χ0n) is 15.4. The van der Waals surface area contributed by atoms with Gasteiger partial charge < -0.3 is 11.1 Å². The summed E-state index contributed by atoms with van der Waals surface area (Å²) >= 11 is 0. The number of likely N-dealkylation sites (tertiary alicyclic amines) is 1. The number of hydrogen-bond donors (Lipinski definition) is 2. The molecule has 0 radical (unpaired) electrons. The zero-order chi connectivity index (χ0) is 17.0. The molecular formula is C19H32ClN3O. The van der Waals surface area contributed by atoms with E-state index in [1.54, 1.807) is 0 Å². The molecule has 2 unspecified atom stereocenters. The molecule has 4 nitrogen and oxygen atoms in total. The van der Waals surface area contributed by atoms with Crippen LogP contribution in [0.25, 0.3) is 0 Å². The Labute approximate surface area is 152 Å². The van der Waals surface area contributed by atoms with Crippen molar-refractivity contribution in [3.8, 4) is 0 Å². The molecule has 1 amide bonds. The van der Waals surface area contributed by atoms with Crippen LogP contribution in [0.2, 0.25) is 0 Å². The van der Waals surface area contributed by atoms with Gasteiger partial charge in [0.1, 0.15) is 0 Å². The van der Waals surface area contributed by atoms with Crippen molar-refractivity contribution in [3.05, 3.63) is 29.3 Å². The number of anilines is 1. The molecule has 0 bridgehead atoms. The summed E-state index contributed by atoms with van der Waals surface area (Å²) in [7, 11) is 0. The minimum absolute atomic E-state index is 0. The Kier molecular flexibility index (Phi) is 7.71. The standard InChI is InChI=1S/C19H31N3O.ClH/c1-5-15-8-7-9-16(6-2)17(15)21-18(23)14(3)22-11-10-19(4,12-20)13-22;/h7-9,14H,5-6,10-13,20H2,1-4H3,(H,21,23);1H. The van der Waals surface area contributed by atoms with Crippen LogP contribution in [0.1, 0.15) is 45.2 Å². The van der Waals surface area contributed by atoms with Gasteiger partial charge in [0.2, 0.25) is 5.91 Å². The van der Waals surface area contributed by atoms with Crippen LogP contribution in [0.5, 0.6) is 0 Å². The second-order valence-corrected chi connectivity index (χ2v) is 7.06. The fourth-order valence-corrected chi connectivity index (χ4v) is 3.36. The van der Waals surface area contributed by atoms with Crippen LogP contribution < -0.4 is 11.1 Å². The van der Waals surface area contributed by atoms with Crippen molar-refractivity contribution in [3.63, 3.8) is 0 Å². The number of para-hydroxylation sites is 1. The number of benzene rings is 1. The summed E-state index contributed by atoms with van der Waals surface area (Å²) in [4.78, 5) is 15.0. The number of amides is 1. The fourth-order valence-electron chi connectivity index (χ4n) is 3.36. The van der Waals surface area contributed by atoms with Crippen LogP contribution in [0.15, 0.2) is 18.2 Å². The summed E-state index contributed by atoms with van der Waals surface area (Å²) in [5, 5.41) is 3.19. The van der Waals surface area contributed by atoms with Gasteiger partial charge in [-0.25, -0.2) is 0 Å². The predicted octanol–water partition coefficient (Wildman–Crippen LogP) is 3.23. The number of nitrogens with zero attached hydrogens (tertiary/aromatic N) is 1. The van der Waals surface area contributed by atoms with Crippen LogP contribution in [-0.4, -0.2) is 36.5 Å². The highest BCUT2D eigenvalue weighted by molar-refractivity contribution is 5.96. The predicted molar refractivity (Wildman–Crippen MR) is 104 cm³/mol. The summed E-state index contributed by atoms with van der Waals surface area (Å²) in [5.74, 6) is 0.0851. The number of nitrogens with two attached hydrogens (primary N) is 1. The molecule has 1 aromatic carbocycles. The lowest BCUT2D eigenvalue weighted by molar-refractivity contribution is -0.120. The Balaban J connectivity index is 0.00000288. The second kappa shape index (κ2) is 8.84. The van der Waals surface area contributed by atoms with Crippen LogP contribution in [0.4, 0.5) is 5.69 Å². The van der Waals surface area contributed by atoms with Gasteiger partial charge in [-0.05, 0) is 55.8 Å². The van der Waals surface area contributed by atoms with E-state index < -0.39 is 0 Å². The van der Waals surface area contributed by atoms with Crippen molar-refractivity contribution < 1.29 is 4.79 Å². The number of carbonyl (C=O) groups excluding carboxylic acids is 1. The molecular weight excluding hydrogens is 322 g/mol. The Morgan fingerprint density at radius 3 is 2.38 bits per heavy atom. The Hall–Kier alpha value is -1.10.